The van der Waals surface area contributed by atoms with E-state index in [4.69, 9.17) is 5.26 Å². The van der Waals surface area contributed by atoms with E-state index in [0.29, 0.717) is 0 Å². The molecule has 1 aromatic heterocycles. The van der Waals surface area contributed by atoms with Gasteiger partial charge in [-0.25, -0.2) is 0 Å². The molecular formula is C13H19BrN4. The molecule has 1 aromatic rings. The van der Waals surface area contributed by atoms with E-state index in [2.05, 4.69) is 38.9 Å². The number of likely N-dealkylation sites (tertiary alicyclic amines) is 1. The fraction of sp³-hybridized carbons (Fsp3) is 0.692. The average Bonchev–Trinajstić information content (AvgIpc) is 2.59. The highest BCUT2D eigenvalue weighted by atomic mass is 79.9. The van der Waals surface area contributed by atoms with Crippen molar-refractivity contribution >= 4 is 15.9 Å². The molecule has 4 nitrogen and oxygen atoms in total. The summed E-state index contributed by atoms with van der Waals surface area (Å²) in [7, 11) is 1.98. The van der Waals surface area contributed by atoms with Crippen LogP contribution in [0.25, 0.3) is 0 Å². The maximum absolute atomic E-state index is 9.13. The maximum Gasteiger partial charge on any atom is 0.0739 e. The summed E-state index contributed by atoms with van der Waals surface area (Å²) < 4.78 is 3.05. The first kappa shape index (κ1) is 13.6. The second-order valence-electron chi connectivity index (χ2n) is 5.42. The van der Waals surface area contributed by atoms with E-state index in [-0.39, 0.29) is 5.41 Å². The average molecular weight is 311 g/mol. The first-order valence-corrected chi connectivity index (χ1v) is 7.06. The van der Waals surface area contributed by atoms with Crippen LogP contribution in [-0.4, -0.2) is 27.8 Å². The first-order chi connectivity index (χ1) is 8.45. The fourth-order valence-corrected chi connectivity index (χ4v) is 2.84. The molecular weight excluding hydrogens is 292 g/mol. The molecule has 0 aliphatic carbocycles. The van der Waals surface area contributed by atoms with Crippen molar-refractivity contribution < 1.29 is 0 Å². The Bertz CT molecular complexity index is 478. The molecule has 2 rings (SSSR count). The predicted molar refractivity (Wildman–Crippen MR) is 73.9 cm³/mol. The predicted octanol–water partition coefficient (Wildman–Crippen LogP) is 2.62. The lowest BCUT2D eigenvalue weighted by Crippen LogP contribution is -2.38. The highest BCUT2D eigenvalue weighted by Crippen LogP contribution is 2.31. The smallest absolute Gasteiger partial charge is 0.0739 e. The number of nitriles is 1. The van der Waals surface area contributed by atoms with E-state index < -0.39 is 0 Å². The molecule has 0 saturated carbocycles. The molecule has 2 heterocycles. The van der Waals surface area contributed by atoms with Crippen molar-refractivity contribution in [2.24, 2.45) is 12.5 Å². The van der Waals surface area contributed by atoms with Crippen LogP contribution in [-0.2, 0) is 13.6 Å². The van der Waals surface area contributed by atoms with Gasteiger partial charge in [0.2, 0.25) is 0 Å². The third-order valence-electron chi connectivity index (χ3n) is 3.86. The number of halogens is 1. The van der Waals surface area contributed by atoms with Crippen molar-refractivity contribution in [3.05, 3.63) is 15.9 Å². The van der Waals surface area contributed by atoms with Gasteiger partial charge in [-0.15, -0.1) is 0 Å². The summed E-state index contributed by atoms with van der Waals surface area (Å²) in [5.74, 6) is 0. The molecule has 0 radical (unpaired) electrons. The van der Waals surface area contributed by atoms with Crippen LogP contribution in [0.15, 0.2) is 4.47 Å². The second-order valence-corrected chi connectivity index (χ2v) is 6.21. The van der Waals surface area contributed by atoms with E-state index >= 15 is 0 Å². The second kappa shape index (κ2) is 5.02. The van der Waals surface area contributed by atoms with E-state index in [1.54, 1.807) is 0 Å². The molecule has 0 N–H and O–H groups in total. The zero-order valence-corrected chi connectivity index (χ0v) is 12.8. The third-order valence-corrected chi connectivity index (χ3v) is 4.90. The lowest BCUT2D eigenvalue weighted by molar-refractivity contribution is 0.147. The van der Waals surface area contributed by atoms with E-state index in [1.807, 2.05) is 18.7 Å². The van der Waals surface area contributed by atoms with Gasteiger partial charge in [0.15, 0.2) is 0 Å². The van der Waals surface area contributed by atoms with Crippen molar-refractivity contribution in [2.45, 2.75) is 33.2 Å². The van der Waals surface area contributed by atoms with Crippen LogP contribution in [0.3, 0.4) is 0 Å². The minimum atomic E-state index is -0.129. The molecule has 0 aromatic carbocycles. The van der Waals surface area contributed by atoms with Crippen molar-refractivity contribution in [3.63, 3.8) is 0 Å². The van der Waals surface area contributed by atoms with Crippen molar-refractivity contribution in [1.82, 2.24) is 14.7 Å². The Morgan fingerprint density at radius 2 is 2.06 bits per heavy atom. The number of piperidine rings is 1. The van der Waals surface area contributed by atoms with E-state index in [9.17, 15) is 0 Å². The molecule has 0 spiro atoms. The van der Waals surface area contributed by atoms with Crippen LogP contribution < -0.4 is 0 Å². The number of aryl methyl sites for hydroxylation is 2. The summed E-state index contributed by atoms with van der Waals surface area (Å²) in [6.45, 7) is 6.95. The van der Waals surface area contributed by atoms with Crippen LogP contribution >= 0.6 is 15.9 Å². The summed E-state index contributed by atoms with van der Waals surface area (Å²) in [5.41, 5.74) is 2.12. The molecule has 1 saturated heterocycles. The minimum absolute atomic E-state index is 0.129. The van der Waals surface area contributed by atoms with Gasteiger partial charge in [0.25, 0.3) is 0 Å². The zero-order valence-electron chi connectivity index (χ0n) is 11.2. The van der Waals surface area contributed by atoms with Gasteiger partial charge in [0, 0.05) is 26.7 Å². The van der Waals surface area contributed by atoms with Gasteiger partial charge in [-0.3, -0.25) is 9.58 Å². The van der Waals surface area contributed by atoms with Gasteiger partial charge >= 0.3 is 0 Å². The van der Waals surface area contributed by atoms with E-state index in [1.165, 1.54) is 5.69 Å². The monoisotopic (exact) mass is 310 g/mol. The molecule has 0 unspecified atom stereocenters. The lowest BCUT2D eigenvalue weighted by atomic mass is 9.82. The molecule has 18 heavy (non-hydrogen) atoms. The normalized spacial score (nSPS) is 19.7. The van der Waals surface area contributed by atoms with Gasteiger partial charge in [0.05, 0.1) is 27.3 Å². The summed E-state index contributed by atoms with van der Waals surface area (Å²) in [6.07, 6.45) is 1.91. The van der Waals surface area contributed by atoms with Gasteiger partial charge in [-0.1, -0.05) is 0 Å². The SMILES string of the molecule is Cc1nn(C)c(CN2CCC(C)(C#N)CC2)c1Br. The zero-order chi connectivity index (χ0) is 13.3. The van der Waals surface area contributed by atoms with Crippen LogP contribution in [0.1, 0.15) is 31.2 Å². The van der Waals surface area contributed by atoms with Crippen LogP contribution in [0, 0.1) is 23.7 Å². The van der Waals surface area contributed by atoms with Gasteiger partial charge in [-0.2, -0.15) is 10.4 Å². The third kappa shape index (κ3) is 2.60. The molecule has 0 atom stereocenters. The molecule has 0 bridgehead atoms. The van der Waals surface area contributed by atoms with Gasteiger partial charge < -0.3 is 0 Å². The maximum atomic E-state index is 9.13. The highest BCUT2D eigenvalue weighted by Gasteiger charge is 2.30. The lowest BCUT2D eigenvalue weighted by Gasteiger charge is -2.34. The molecule has 1 aliphatic heterocycles. The van der Waals surface area contributed by atoms with Crippen molar-refractivity contribution in [2.75, 3.05) is 13.1 Å². The highest BCUT2D eigenvalue weighted by molar-refractivity contribution is 9.10. The molecule has 98 valence electrons. The van der Waals surface area contributed by atoms with E-state index in [0.717, 1.165) is 42.6 Å². The Morgan fingerprint density at radius 3 is 2.50 bits per heavy atom. The summed E-state index contributed by atoms with van der Waals surface area (Å²) >= 11 is 3.60. The Balaban J connectivity index is 2.02. The molecule has 1 fully saturated rings. The standard InChI is InChI=1S/C13H19BrN4/c1-10-12(14)11(17(3)16-10)8-18-6-4-13(2,9-15)5-7-18/h4-8H2,1-3H3. The molecule has 0 amide bonds. The summed E-state index contributed by atoms with van der Waals surface area (Å²) in [4.78, 5) is 2.40. The first-order valence-electron chi connectivity index (χ1n) is 6.27. The topological polar surface area (TPSA) is 44.9 Å². The Kier molecular flexibility index (Phi) is 3.79. The van der Waals surface area contributed by atoms with Crippen molar-refractivity contribution in [3.8, 4) is 6.07 Å². The van der Waals surface area contributed by atoms with Gasteiger partial charge in [0.1, 0.15) is 0 Å². The Labute approximate surface area is 117 Å². The molecule has 5 heteroatoms. The van der Waals surface area contributed by atoms with Crippen LogP contribution in [0.5, 0.6) is 0 Å². The van der Waals surface area contributed by atoms with Gasteiger partial charge in [-0.05, 0) is 42.6 Å². The quantitative estimate of drug-likeness (QED) is 0.843. The number of hydrogen-bond donors (Lipinski definition) is 0. The number of nitrogens with zero attached hydrogens (tertiary/aromatic N) is 4. The van der Waals surface area contributed by atoms with Crippen molar-refractivity contribution in [1.29, 1.82) is 5.26 Å². The number of rotatable bonds is 2. The minimum Gasteiger partial charge on any atom is -0.297 e. The fourth-order valence-electron chi connectivity index (χ4n) is 2.38. The summed E-state index contributed by atoms with van der Waals surface area (Å²) in [6, 6.07) is 2.44. The largest absolute Gasteiger partial charge is 0.297 e. The number of hydrogen-bond acceptors (Lipinski definition) is 3. The number of aromatic nitrogens is 2. The Hall–Kier alpha value is -0.860. The molecule has 1 aliphatic rings. The van der Waals surface area contributed by atoms with Crippen LogP contribution in [0.4, 0.5) is 0 Å². The Morgan fingerprint density at radius 1 is 1.44 bits per heavy atom. The summed E-state index contributed by atoms with van der Waals surface area (Å²) in [5, 5.41) is 13.5. The van der Waals surface area contributed by atoms with Crippen LogP contribution in [0.2, 0.25) is 0 Å².